The molecule has 0 unspecified atom stereocenters. The second kappa shape index (κ2) is 6.05. The zero-order chi connectivity index (χ0) is 11.4. The van der Waals surface area contributed by atoms with Crippen molar-refractivity contribution in [1.29, 1.82) is 0 Å². The molecule has 2 aliphatic carbocycles. The van der Waals surface area contributed by atoms with Gasteiger partial charge in [-0.25, -0.2) is 0 Å². The molecule has 0 heterocycles. The van der Waals surface area contributed by atoms with E-state index in [4.69, 9.17) is 5.73 Å². The van der Waals surface area contributed by atoms with Gasteiger partial charge in [0.2, 0.25) is 0 Å². The van der Waals surface area contributed by atoms with Crippen LogP contribution in [0.25, 0.3) is 0 Å². The molecule has 0 aromatic rings. The summed E-state index contributed by atoms with van der Waals surface area (Å²) in [6.45, 7) is 2.33. The number of hydrogen-bond donors (Lipinski definition) is 1. The van der Waals surface area contributed by atoms with Crippen molar-refractivity contribution in [2.75, 3.05) is 0 Å². The van der Waals surface area contributed by atoms with Gasteiger partial charge in [-0.05, 0) is 56.3 Å². The molecular formula is C15H29N. The molecule has 0 bridgehead atoms. The molecule has 0 aliphatic heterocycles. The molecule has 2 saturated carbocycles. The van der Waals surface area contributed by atoms with Gasteiger partial charge in [-0.15, -0.1) is 0 Å². The van der Waals surface area contributed by atoms with Crippen molar-refractivity contribution in [3.05, 3.63) is 0 Å². The highest BCUT2D eigenvalue weighted by Crippen LogP contribution is 2.40. The molecule has 0 radical (unpaired) electrons. The van der Waals surface area contributed by atoms with E-state index in [9.17, 15) is 0 Å². The molecule has 0 spiro atoms. The number of hydrogen-bond acceptors (Lipinski definition) is 1. The molecule has 94 valence electrons. The Labute approximate surface area is 101 Å². The number of nitrogens with two attached hydrogens (primary N) is 1. The second-order valence-electron chi connectivity index (χ2n) is 6.24. The number of rotatable bonds is 3. The predicted octanol–water partition coefficient (Wildman–Crippen LogP) is 4.11. The van der Waals surface area contributed by atoms with E-state index in [0.717, 1.165) is 17.8 Å². The quantitative estimate of drug-likeness (QED) is 0.765. The van der Waals surface area contributed by atoms with E-state index in [1.54, 1.807) is 0 Å². The Hall–Kier alpha value is -0.0400. The maximum atomic E-state index is 5.99. The van der Waals surface area contributed by atoms with Gasteiger partial charge in [0.05, 0.1) is 0 Å². The first kappa shape index (κ1) is 12.4. The molecule has 2 aliphatic rings. The van der Waals surface area contributed by atoms with Crippen LogP contribution in [0, 0.1) is 17.8 Å². The highest BCUT2D eigenvalue weighted by molar-refractivity contribution is 4.82. The average Bonchev–Trinajstić information content (AvgIpc) is 2.32. The minimum atomic E-state index is 0.521. The van der Waals surface area contributed by atoms with E-state index in [1.165, 1.54) is 64.2 Å². The van der Waals surface area contributed by atoms with Gasteiger partial charge < -0.3 is 5.73 Å². The molecule has 1 heteroatoms. The summed E-state index contributed by atoms with van der Waals surface area (Å²) in [6.07, 6.45) is 14.3. The lowest BCUT2D eigenvalue weighted by atomic mass is 9.70. The first-order chi connectivity index (χ1) is 7.79. The van der Waals surface area contributed by atoms with Gasteiger partial charge in [-0.1, -0.05) is 32.6 Å². The van der Waals surface area contributed by atoms with Crippen molar-refractivity contribution in [2.45, 2.75) is 77.2 Å². The van der Waals surface area contributed by atoms with E-state index in [-0.39, 0.29) is 0 Å². The van der Waals surface area contributed by atoms with E-state index in [2.05, 4.69) is 6.92 Å². The van der Waals surface area contributed by atoms with Gasteiger partial charge >= 0.3 is 0 Å². The normalized spacial score (nSPS) is 40.9. The summed E-state index contributed by atoms with van der Waals surface area (Å²) in [7, 11) is 0. The lowest BCUT2D eigenvalue weighted by molar-refractivity contribution is 0.157. The largest absolute Gasteiger partial charge is 0.328 e. The highest BCUT2D eigenvalue weighted by Gasteiger charge is 2.29. The average molecular weight is 223 g/mol. The molecule has 0 saturated heterocycles. The van der Waals surface area contributed by atoms with Crippen LogP contribution in [0.15, 0.2) is 0 Å². The highest BCUT2D eigenvalue weighted by atomic mass is 14.6. The first-order valence-corrected chi connectivity index (χ1v) is 7.55. The lowest BCUT2D eigenvalue weighted by Crippen LogP contribution is -2.31. The van der Waals surface area contributed by atoms with Gasteiger partial charge in [0.25, 0.3) is 0 Å². The molecule has 0 aromatic heterocycles. The van der Waals surface area contributed by atoms with Crippen molar-refractivity contribution in [2.24, 2.45) is 23.5 Å². The van der Waals surface area contributed by atoms with E-state index >= 15 is 0 Å². The fourth-order valence-electron chi connectivity index (χ4n) is 3.97. The van der Waals surface area contributed by atoms with Crippen LogP contribution in [0.4, 0.5) is 0 Å². The monoisotopic (exact) mass is 223 g/mol. The molecule has 2 N–H and O–H groups in total. The van der Waals surface area contributed by atoms with Crippen molar-refractivity contribution in [3.63, 3.8) is 0 Å². The Morgan fingerprint density at radius 3 is 1.81 bits per heavy atom. The third kappa shape index (κ3) is 3.23. The predicted molar refractivity (Wildman–Crippen MR) is 70.3 cm³/mol. The van der Waals surface area contributed by atoms with Gasteiger partial charge in [0.1, 0.15) is 0 Å². The maximum absolute atomic E-state index is 5.99. The van der Waals surface area contributed by atoms with E-state index in [1.807, 2.05) is 0 Å². The molecule has 0 atom stereocenters. The van der Waals surface area contributed by atoms with Crippen LogP contribution in [-0.2, 0) is 0 Å². The van der Waals surface area contributed by atoms with Crippen LogP contribution in [0.3, 0.4) is 0 Å². The Kier molecular flexibility index (Phi) is 4.69. The van der Waals surface area contributed by atoms with Crippen molar-refractivity contribution < 1.29 is 0 Å². The van der Waals surface area contributed by atoms with Crippen LogP contribution in [0.5, 0.6) is 0 Å². The molecule has 0 amide bonds. The molecule has 2 fully saturated rings. The van der Waals surface area contributed by atoms with Gasteiger partial charge in [0, 0.05) is 6.04 Å². The van der Waals surface area contributed by atoms with Crippen LogP contribution in [0.1, 0.15) is 71.1 Å². The van der Waals surface area contributed by atoms with Gasteiger partial charge in [0.15, 0.2) is 0 Å². The SMILES string of the molecule is CCCC1CCC([C@H]2CC[C@H](N)CC2)CC1. The third-order valence-electron chi connectivity index (χ3n) is 5.07. The van der Waals surface area contributed by atoms with Crippen LogP contribution >= 0.6 is 0 Å². The van der Waals surface area contributed by atoms with Gasteiger partial charge in [-0.2, -0.15) is 0 Å². The van der Waals surface area contributed by atoms with E-state index in [0.29, 0.717) is 6.04 Å². The summed E-state index contributed by atoms with van der Waals surface area (Å²) in [5.41, 5.74) is 5.99. The standard InChI is InChI=1S/C15H29N/c1-2-3-12-4-6-13(7-5-12)14-8-10-15(16)11-9-14/h12-15H,2-11,16H2,1H3/t12?,13?,14-,15-. The lowest BCUT2D eigenvalue weighted by Gasteiger charge is -2.37. The molecule has 2 rings (SSSR count). The first-order valence-electron chi connectivity index (χ1n) is 7.55. The van der Waals surface area contributed by atoms with Crippen molar-refractivity contribution in [1.82, 2.24) is 0 Å². The fraction of sp³-hybridized carbons (Fsp3) is 1.00. The Morgan fingerprint density at radius 1 is 0.812 bits per heavy atom. The van der Waals surface area contributed by atoms with E-state index < -0.39 is 0 Å². The summed E-state index contributed by atoms with van der Waals surface area (Å²) in [6, 6.07) is 0.521. The summed E-state index contributed by atoms with van der Waals surface area (Å²) in [5.74, 6) is 3.15. The topological polar surface area (TPSA) is 26.0 Å². The van der Waals surface area contributed by atoms with Gasteiger partial charge in [-0.3, -0.25) is 0 Å². The van der Waals surface area contributed by atoms with Crippen LogP contribution in [-0.4, -0.2) is 6.04 Å². The Balaban J connectivity index is 1.72. The summed E-state index contributed by atoms with van der Waals surface area (Å²) in [4.78, 5) is 0. The Morgan fingerprint density at radius 2 is 1.31 bits per heavy atom. The minimum Gasteiger partial charge on any atom is -0.328 e. The van der Waals surface area contributed by atoms with Crippen molar-refractivity contribution in [3.8, 4) is 0 Å². The second-order valence-corrected chi connectivity index (χ2v) is 6.24. The summed E-state index contributed by atoms with van der Waals surface area (Å²) in [5, 5.41) is 0. The fourth-order valence-corrected chi connectivity index (χ4v) is 3.97. The van der Waals surface area contributed by atoms with Crippen molar-refractivity contribution >= 4 is 0 Å². The summed E-state index contributed by atoms with van der Waals surface area (Å²) >= 11 is 0. The molecule has 1 nitrogen and oxygen atoms in total. The molecular weight excluding hydrogens is 194 g/mol. The zero-order valence-corrected chi connectivity index (χ0v) is 11.0. The third-order valence-corrected chi connectivity index (χ3v) is 5.07. The minimum absolute atomic E-state index is 0.521. The maximum Gasteiger partial charge on any atom is 0.00390 e. The smallest absolute Gasteiger partial charge is 0.00390 e. The summed E-state index contributed by atoms with van der Waals surface area (Å²) < 4.78 is 0. The van der Waals surface area contributed by atoms with Crippen LogP contribution in [0.2, 0.25) is 0 Å². The Bertz CT molecular complexity index is 186. The molecule has 16 heavy (non-hydrogen) atoms. The van der Waals surface area contributed by atoms with Crippen LogP contribution < -0.4 is 5.73 Å². The molecule has 0 aromatic carbocycles. The zero-order valence-electron chi connectivity index (χ0n) is 11.0.